The van der Waals surface area contributed by atoms with Crippen LogP contribution in [0.2, 0.25) is 4.89 Å². The molecule has 1 amide bonds. The molecule has 0 fully saturated rings. The average Bonchev–Trinajstić information content (AvgIpc) is 3.83. The number of amides is 1. The Hall–Kier alpha value is -5.80. The van der Waals surface area contributed by atoms with Crippen molar-refractivity contribution in [2.24, 2.45) is 0 Å². The second kappa shape index (κ2) is 10.6. The Balaban J connectivity index is 1.45. The van der Waals surface area contributed by atoms with Crippen LogP contribution in [0.25, 0.3) is 89.7 Å². The van der Waals surface area contributed by atoms with Crippen LogP contribution in [-0.4, -0.2) is 45.8 Å². The van der Waals surface area contributed by atoms with Gasteiger partial charge in [-0.15, -0.1) is 0 Å². The van der Waals surface area contributed by atoms with E-state index >= 15 is 0 Å². The molecule has 9 rings (SSSR count). The number of aromatic nitrogens is 8. The molecular weight excluding hydrogens is 633 g/mol. The van der Waals surface area contributed by atoms with Gasteiger partial charge in [0.25, 0.3) is 0 Å². The standard InChI is InChI=1S/C33H19N9O.C3H7.Ni/c34-25(43)22-14-7-15-23-24(22)33-41-31-21-13-6-5-12-20(21)29(39-31)37-27-17-9-2-1-8-16(17)26(35-27)36-28-18-10-3-4-11-19(18)30(38-28)40-32(23)42-33;1-3-2;/h1-15H,(H4,34,35,36,37,38,39,40,41,42,43);3H,1-2H3;/q;;+1/p-1. The van der Waals surface area contributed by atoms with E-state index in [1.165, 1.54) is 0 Å². The third-order valence-corrected chi connectivity index (χ3v) is 9.06. The first kappa shape index (κ1) is 27.5. The van der Waals surface area contributed by atoms with Crippen molar-refractivity contribution in [3.63, 3.8) is 0 Å². The Morgan fingerprint density at radius 2 is 0.979 bits per heavy atom. The molecule has 230 valence electrons. The molecule has 3 aromatic heterocycles. The van der Waals surface area contributed by atoms with Gasteiger partial charge in [0.05, 0.1) is 0 Å². The molecule has 0 radical (unpaired) electrons. The predicted molar refractivity (Wildman–Crippen MR) is 179 cm³/mol. The Labute approximate surface area is 273 Å². The van der Waals surface area contributed by atoms with E-state index in [-0.39, 0.29) is 10.8 Å². The van der Waals surface area contributed by atoms with Crippen molar-refractivity contribution in [3.05, 3.63) is 96.6 Å². The maximum absolute atomic E-state index is 13.6. The van der Waals surface area contributed by atoms with Gasteiger partial charge in [0.15, 0.2) is 0 Å². The number of nitrogens with one attached hydrogen (secondary N) is 3. The second-order valence-electron chi connectivity index (χ2n) is 11.4. The summed E-state index contributed by atoms with van der Waals surface area (Å²) in [6, 6.07) is 29.4. The molecule has 8 bridgehead atoms. The van der Waals surface area contributed by atoms with E-state index in [1.54, 1.807) is 6.07 Å². The number of carbonyl (C=O) groups is 1. The first-order valence-electron chi connectivity index (χ1n) is 15.1. The molecule has 11 heteroatoms. The van der Waals surface area contributed by atoms with Crippen LogP contribution in [0.3, 0.4) is 0 Å². The summed E-state index contributed by atoms with van der Waals surface area (Å²) in [6.07, 6.45) is 0. The molecule has 0 unspecified atom stereocenters. The van der Waals surface area contributed by atoms with Crippen LogP contribution in [0.15, 0.2) is 91.0 Å². The van der Waals surface area contributed by atoms with Gasteiger partial charge in [0, 0.05) is 5.39 Å². The molecule has 2 aliphatic heterocycles. The van der Waals surface area contributed by atoms with Gasteiger partial charge in [-0.05, 0) is 0 Å². The van der Waals surface area contributed by atoms with E-state index in [0.29, 0.717) is 56.8 Å². The summed E-state index contributed by atoms with van der Waals surface area (Å²) in [5.74, 6) is 1.84. The summed E-state index contributed by atoms with van der Waals surface area (Å²) in [5, 5.41) is 3.22. The molecule has 2 aliphatic rings. The van der Waals surface area contributed by atoms with Crippen molar-refractivity contribution < 1.29 is 19.4 Å². The molecule has 4 aromatic carbocycles. The van der Waals surface area contributed by atoms with Gasteiger partial charge in [-0.3, -0.25) is 0 Å². The van der Waals surface area contributed by atoms with Gasteiger partial charge in [0.2, 0.25) is 0 Å². The molecule has 0 saturated carbocycles. The van der Waals surface area contributed by atoms with Crippen LogP contribution in [-0.2, 0) is 14.7 Å². The molecule has 47 heavy (non-hydrogen) atoms. The molecule has 0 atom stereocenters. The number of hydrogen-bond acceptors (Lipinski definition) is 7. The Bertz CT molecular complexity index is 2600. The van der Waals surface area contributed by atoms with Gasteiger partial charge in [0.1, 0.15) is 0 Å². The van der Waals surface area contributed by atoms with Crippen molar-refractivity contribution in [2.45, 2.75) is 18.7 Å². The fourth-order valence-electron chi connectivity index (χ4n) is 6.05. The number of fused-ring (bicyclic) bond motifs is 20. The third kappa shape index (κ3) is 4.50. The minimum atomic E-state index is -0.208. The second-order valence-corrected chi connectivity index (χ2v) is 13.1. The molecule has 5 heterocycles. The molecule has 0 aliphatic carbocycles. The molecular formula is C36H25N9NiO. The number of rotatable bonds is 3. The third-order valence-electron chi connectivity index (χ3n) is 8.12. The van der Waals surface area contributed by atoms with E-state index in [2.05, 4.69) is 14.4 Å². The quantitative estimate of drug-likeness (QED) is 0.168. The van der Waals surface area contributed by atoms with E-state index in [9.17, 15) is 4.79 Å². The summed E-state index contributed by atoms with van der Waals surface area (Å²) in [4.78, 5) is 50.7. The molecule has 0 spiro atoms. The van der Waals surface area contributed by atoms with E-state index in [4.69, 9.17) is 29.9 Å². The summed E-state index contributed by atoms with van der Waals surface area (Å²) >= 11 is 1.16. The van der Waals surface area contributed by atoms with Crippen molar-refractivity contribution in [1.29, 1.82) is 0 Å². The van der Waals surface area contributed by atoms with Gasteiger partial charge in [-0.25, -0.2) is 0 Å². The van der Waals surface area contributed by atoms with Crippen molar-refractivity contribution in [3.8, 4) is 45.6 Å². The number of carbonyl (C=O) groups excluding carboxylic acids is 1. The van der Waals surface area contributed by atoms with Gasteiger partial charge >= 0.3 is 245 Å². The monoisotopic (exact) mass is 657 g/mol. The normalized spacial score (nSPS) is 12.1. The zero-order valence-electron chi connectivity index (χ0n) is 25.1. The molecule has 0 saturated heterocycles. The molecule has 7 aromatic rings. The Morgan fingerprint density at radius 3 is 1.49 bits per heavy atom. The van der Waals surface area contributed by atoms with E-state index in [1.807, 2.05) is 98.8 Å². The van der Waals surface area contributed by atoms with Crippen LogP contribution in [0, 0.1) is 0 Å². The minimum absolute atomic E-state index is 0.208. The van der Waals surface area contributed by atoms with Crippen LogP contribution >= 0.6 is 0 Å². The fourth-order valence-corrected chi connectivity index (χ4v) is 6.60. The predicted octanol–water partition coefficient (Wildman–Crippen LogP) is 7.42. The van der Waals surface area contributed by atoms with Crippen molar-refractivity contribution in [2.75, 3.05) is 0 Å². The Morgan fingerprint density at radius 1 is 0.553 bits per heavy atom. The maximum atomic E-state index is 13.6. The number of nitrogens with zero attached hydrogens (tertiary/aromatic N) is 6. The van der Waals surface area contributed by atoms with Crippen molar-refractivity contribution >= 4 is 50.0 Å². The Kier molecular flexibility index (Phi) is 6.23. The van der Waals surface area contributed by atoms with E-state index < -0.39 is 0 Å². The summed E-state index contributed by atoms with van der Waals surface area (Å²) in [5.41, 5.74) is 6.18. The topological polar surface area (TPSA) is 138 Å². The summed E-state index contributed by atoms with van der Waals surface area (Å²) < 4.78 is 3.00. The zero-order valence-corrected chi connectivity index (χ0v) is 26.1. The first-order chi connectivity index (χ1) is 23.0. The van der Waals surface area contributed by atoms with Crippen LogP contribution in [0.1, 0.15) is 24.2 Å². The van der Waals surface area contributed by atoms with Gasteiger partial charge < -0.3 is 0 Å². The van der Waals surface area contributed by atoms with Crippen molar-refractivity contribution in [1.82, 2.24) is 44.3 Å². The average molecular weight is 658 g/mol. The summed E-state index contributed by atoms with van der Waals surface area (Å²) in [7, 11) is 0. The molecule has 10 nitrogen and oxygen atoms in total. The number of H-pyrrole nitrogens is 2. The first-order valence-corrected chi connectivity index (χ1v) is 16.2. The number of hydrogen-bond donors (Lipinski definition) is 3. The number of benzene rings is 4. The van der Waals surface area contributed by atoms with E-state index in [0.717, 1.165) is 53.1 Å². The fraction of sp³-hybridized carbons (Fsp3) is 0.0833. The molecule has 3 N–H and O–H groups in total. The zero-order chi connectivity index (χ0) is 31.6. The van der Waals surface area contributed by atoms with Gasteiger partial charge in [-0.2, -0.15) is 0 Å². The summed E-state index contributed by atoms with van der Waals surface area (Å²) in [6.45, 7) is 4.07. The van der Waals surface area contributed by atoms with Crippen LogP contribution < -0.4 is 4.40 Å². The van der Waals surface area contributed by atoms with Crippen LogP contribution in [0.4, 0.5) is 0 Å². The SMILES string of the molecule is C[CH](C)[Ni][NH]C(=O)c1cccc2c3nc4nc(nc5[nH]c(nc6nc(nc([nH]3)c12)-c1ccccc1-6)c1ccccc51)-c1ccccc1-4. The number of aromatic amines is 2. The van der Waals surface area contributed by atoms with Crippen LogP contribution in [0.5, 0.6) is 0 Å². The van der Waals surface area contributed by atoms with Gasteiger partial charge in [-0.1, -0.05) is 24.3 Å².